The molecular weight excluding hydrogens is 318 g/mol. The number of rotatable bonds is 5. The number of carbonyl (C=O) groups excluding carboxylic acids is 1. The Hall–Kier alpha value is -2.35. The lowest BCUT2D eigenvalue weighted by atomic mass is 10.2. The van der Waals surface area contributed by atoms with Crippen LogP contribution in [0.25, 0.3) is 0 Å². The summed E-state index contributed by atoms with van der Waals surface area (Å²) in [4.78, 5) is 12.1. The fourth-order valence-electron chi connectivity index (χ4n) is 2.14. The standard InChI is InChI=1S/C15H19N3O4S/c1-5-22-15(19)13-10-16-17(3)14(13)18(4)23(20,21)12-8-6-11(2)7-9-12/h6-10H,5H2,1-4H3. The Bertz CT molecular complexity index is 810. The number of carbonyl (C=O) groups is 1. The molecule has 23 heavy (non-hydrogen) atoms. The van der Waals surface area contributed by atoms with Crippen molar-refractivity contribution in [2.45, 2.75) is 18.7 Å². The van der Waals surface area contributed by atoms with Gasteiger partial charge in [-0.1, -0.05) is 17.7 Å². The average Bonchev–Trinajstić information content (AvgIpc) is 2.89. The van der Waals surface area contributed by atoms with Crippen LogP contribution in [0.15, 0.2) is 35.4 Å². The lowest BCUT2D eigenvalue weighted by Gasteiger charge is -2.20. The Morgan fingerprint density at radius 2 is 1.91 bits per heavy atom. The van der Waals surface area contributed by atoms with Crippen molar-refractivity contribution in [3.63, 3.8) is 0 Å². The summed E-state index contributed by atoms with van der Waals surface area (Å²) < 4.78 is 32.8. The molecule has 0 aliphatic rings. The molecular formula is C15H19N3O4S. The number of hydrogen-bond acceptors (Lipinski definition) is 5. The van der Waals surface area contributed by atoms with Crippen molar-refractivity contribution in [3.8, 4) is 0 Å². The minimum absolute atomic E-state index is 0.104. The lowest BCUT2D eigenvalue weighted by molar-refractivity contribution is 0.0527. The molecule has 0 spiro atoms. The third-order valence-electron chi connectivity index (χ3n) is 3.38. The van der Waals surface area contributed by atoms with Crippen LogP contribution in [-0.2, 0) is 21.8 Å². The van der Waals surface area contributed by atoms with Gasteiger partial charge in [0.2, 0.25) is 0 Å². The van der Waals surface area contributed by atoms with Crippen LogP contribution in [0.3, 0.4) is 0 Å². The SMILES string of the molecule is CCOC(=O)c1cnn(C)c1N(C)S(=O)(=O)c1ccc(C)cc1. The van der Waals surface area contributed by atoms with E-state index in [0.717, 1.165) is 9.87 Å². The summed E-state index contributed by atoms with van der Waals surface area (Å²) in [7, 11) is -0.855. The molecule has 0 aliphatic carbocycles. The van der Waals surface area contributed by atoms with Crippen LogP contribution in [0.1, 0.15) is 22.8 Å². The van der Waals surface area contributed by atoms with Gasteiger partial charge >= 0.3 is 5.97 Å². The first-order valence-electron chi connectivity index (χ1n) is 7.03. The number of benzene rings is 1. The highest BCUT2D eigenvalue weighted by Gasteiger charge is 2.28. The van der Waals surface area contributed by atoms with E-state index < -0.39 is 16.0 Å². The van der Waals surface area contributed by atoms with Crippen molar-refractivity contribution in [2.24, 2.45) is 7.05 Å². The van der Waals surface area contributed by atoms with Gasteiger partial charge in [-0.15, -0.1) is 0 Å². The second-order valence-corrected chi connectivity index (χ2v) is 6.98. The minimum atomic E-state index is -3.81. The van der Waals surface area contributed by atoms with E-state index in [2.05, 4.69) is 5.10 Å². The molecule has 0 saturated carbocycles. The molecule has 0 bridgehead atoms. The fraction of sp³-hybridized carbons (Fsp3) is 0.333. The van der Waals surface area contributed by atoms with Crippen molar-refractivity contribution < 1.29 is 17.9 Å². The predicted molar refractivity (Wildman–Crippen MR) is 85.9 cm³/mol. The first kappa shape index (κ1) is 17.0. The number of esters is 1. The van der Waals surface area contributed by atoms with Gasteiger partial charge in [0.15, 0.2) is 5.82 Å². The monoisotopic (exact) mass is 337 g/mol. The molecule has 2 rings (SSSR count). The Morgan fingerprint density at radius 1 is 1.30 bits per heavy atom. The second kappa shape index (κ2) is 6.41. The van der Waals surface area contributed by atoms with Crippen LogP contribution >= 0.6 is 0 Å². The van der Waals surface area contributed by atoms with Crippen LogP contribution < -0.4 is 4.31 Å². The Balaban J connectivity index is 2.48. The minimum Gasteiger partial charge on any atom is -0.462 e. The molecule has 1 aromatic carbocycles. The van der Waals surface area contributed by atoms with Crippen molar-refractivity contribution in [1.29, 1.82) is 0 Å². The highest BCUT2D eigenvalue weighted by molar-refractivity contribution is 7.92. The van der Waals surface area contributed by atoms with Gasteiger partial charge in [-0.3, -0.25) is 8.99 Å². The number of hydrogen-bond donors (Lipinski definition) is 0. The first-order chi connectivity index (χ1) is 10.8. The third-order valence-corrected chi connectivity index (χ3v) is 5.14. The smallest absolute Gasteiger partial charge is 0.343 e. The number of anilines is 1. The molecule has 0 aliphatic heterocycles. The van der Waals surface area contributed by atoms with Crippen LogP contribution in [0.4, 0.5) is 5.82 Å². The molecule has 0 fully saturated rings. The molecule has 0 atom stereocenters. The van der Waals surface area contributed by atoms with Gasteiger partial charge in [-0.2, -0.15) is 5.10 Å². The number of nitrogens with zero attached hydrogens (tertiary/aromatic N) is 3. The fourth-order valence-corrected chi connectivity index (χ4v) is 3.38. The van der Waals surface area contributed by atoms with Crippen molar-refractivity contribution in [1.82, 2.24) is 9.78 Å². The van der Waals surface area contributed by atoms with Gasteiger partial charge in [0.05, 0.1) is 17.7 Å². The molecule has 7 nitrogen and oxygen atoms in total. The number of aromatic nitrogens is 2. The molecule has 0 N–H and O–H groups in total. The molecule has 0 radical (unpaired) electrons. The zero-order chi connectivity index (χ0) is 17.2. The van der Waals surface area contributed by atoms with Crippen LogP contribution in [0.5, 0.6) is 0 Å². The van der Waals surface area contributed by atoms with Gasteiger partial charge in [0.1, 0.15) is 5.56 Å². The zero-order valence-electron chi connectivity index (χ0n) is 13.5. The molecule has 0 amide bonds. The maximum absolute atomic E-state index is 12.8. The second-order valence-electron chi connectivity index (χ2n) is 5.01. The topological polar surface area (TPSA) is 81.5 Å². The Morgan fingerprint density at radius 3 is 2.48 bits per heavy atom. The van der Waals surface area contributed by atoms with Crippen LogP contribution in [-0.4, -0.2) is 37.8 Å². The normalized spacial score (nSPS) is 11.3. The summed E-state index contributed by atoms with van der Waals surface area (Å²) >= 11 is 0. The third kappa shape index (κ3) is 3.21. The summed E-state index contributed by atoms with van der Waals surface area (Å²) in [6, 6.07) is 6.50. The summed E-state index contributed by atoms with van der Waals surface area (Å²) in [6.07, 6.45) is 1.30. The maximum atomic E-state index is 12.8. The Labute approximate surface area is 135 Å². The molecule has 8 heteroatoms. The van der Waals surface area contributed by atoms with Crippen molar-refractivity contribution >= 4 is 21.8 Å². The predicted octanol–water partition coefficient (Wildman–Crippen LogP) is 1.73. The summed E-state index contributed by atoms with van der Waals surface area (Å²) in [5, 5.41) is 3.97. The molecule has 0 saturated heterocycles. The van der Waals surface area contributed by atoms with E-state index in [9.17, 15) is 13.2 Å². The number of sulfonamides is 1. The molecule has 124 valence electrons. The molecule has 2 aromatic rings. The van der Waals surface area contributed by atoms with E-state index >= 15 is 0 Å². The highest BCUT2D eigenvalue weighted by atomic mass is 32.2. The van der Waals surface area contributed by atoms with Crippen molar-refractivity contribution in [3.05, 3.63) is 41.6 Å². The van der Waals surface area contributed by atoms with E-state index in [1.54, 1.807) is 26.1 Å². The largest absolute Gasteiger partial charge is 0.462 e. The van der Waals surface area contributed by atoms with E-state index in [-0.39, 0.29) is 22.9 Å². The number of aryl methyl sites for hydroxylation is 2. The van der Waals surface area contributed by atoms with Gasteiger partial charge in [-0.05, 0) is 26.0 Å². The van der Waals surface area contributed by atoms with Crippen molar-refractivity contribution in [2.75, 3.05) is 18.0 Å². The van der Waals surface area contributed by atoms with Crippen LogP contribution in [0.2, 0.25) is 0 Å². The van der Waals surface area contributed by atoms with E-state index in [1.165, 1.54) is 30.1 Å². The highest BCUT2D eigenvalue weighted by Crippen LogP contribution is 2.25. The molecule has 1 aromatic heterocycles. The van der Waals surface area contributed by atoms with Gasteiger partial charge in [-0.25, -0.2) is 13.2 Å². The lowest BCUT2D eigenvalue weighted by Crippen LogP contribution is -2.30. The Kier molecular flexibility index (Phi) is 4.74. The average molecular weight is 337 g/mol. The summed E-state index contributed by atoms with van der Waals surface area (Å²) in [6.45, 7) is 3.75. The van der Waals surface area contributed by atoms with Crippen LogP contribution in [0, 0.1) is 6.92 Å². The molecule has 0 unspecified atom stereocenters. The number of ether oxygens (including phenoxy) is 1. The van der Waals surface area contributed by atoms with E-state index in [0.29, 0.717) is 0 Å². The molecule has 1 heterocycles. The summed E-state index contributed by atoms with van der Waals surface area (Å²) in [5.41, 5.74) is 1.06. The van der Waals surface area contributed by atoms with E-state index in [1.807, 2.05) is 6.92 Å². The summed E-state index contributed by atoms with van der Waals surface area (Å²) in [5.74, 6) is -0.453. The quantitative estimate of drug-likeness (QED) is 0.776. The first-order valence-corrected chi connectivity index (χ1v) is 8.47. The van der Waals surface area contributed by atoms with E-state index in [4.69, 9.17) is 4.74 Å². The maximum Gasteiger partial charge on any atom is 0.343 e. The van der Waals surface area contributed by atoms with Gasteiger partial charge in [0.25, 0.3) is 10.0 Å². The van der Waals surface area contributed by atoms with Gasteiger partial charge in [0, 0.05) is 14.1 Å². The zero-order valence-corrected chi connectivity index (χ0v) is 14.3. The van der Waals surface area contributed by atoms with Gasteiger partial charge < -0.3 is 4.74 Å².